The Morgan fingerprint density at radius 3 is 2.58 bits per heavy atom. The normalized spacial score (nSPS) is 11.5. The molecule has 0 atom stereocenters. The maximum absolute atomic E-state index is 13.5. The molecule has 0 amide bonds. The highest BCUT2D eigenvalue weighted by Gasteiger charge is 2.17. The minimum Gasteiger partial charge on any atom is -0.332 e. The topological polar surface area (TPSA) is 103 Å². The number of nitrogens with one attached hydrogen (secondary N) is 1. The van der Waals surface area contributed by atoms with E-state index in [1.807, 2.05) is 0 Å². The van der Waals surface area contributed by atoms with Gasteiger partial charge in [-0.05, 0) is 48.0 Å². The molecule has 12 heteroatoms. The Kier molecular flexibility index (Phi) is 6.25. The molecule has 0 unspecified atom stereocenters. The largest absolute Gasteiger partial charge is 0.332 e. The van der Waals surface area contributed by atoms with Crippen molar-refractivity contribution in [2.45, 2.75) is 11.4 Å². The van der Waals surface area contributed by atoms with Crippen molar-refractivity contribution in [3.63, 3.8) is 0 Å². The van der Waals surface area contributed by atoms with E-state index < -0.39 is 21.7 Å². The second-order valence-electron chi connectivity index (χ2n) is 7.74. The van der Waals surface area contributed by atoms with Crippen molar-refractivity contribution < 1.29 is 21.7 Å². The SMILES string of the molecule is O=S(=O)(Nc1ccc(Cn2cnc(-c3nc(-c4cccc(F)c4)no3)c2)cc1)c1ccc(F)c(Cl)c1. The molecular formula is C24H16ClF2N5O3S. The van der Waals surface area contributed by atoms with E-state index in [1.54, 1.807) is 53.5 Å². The quantitative estimate of drug-likeness (QED) is 0.305. The zero-order valence-electron chi connectivity index (χ0n) is 18.3. The van der Waals surface area contributed by atoms with Crippen LogP contribution < -0.4 is 4.72 Å². The summed E-state index contributed by atoms with van der Waals surface area (Å²) in [5.41, 5.74) is 2.15. The third-order valence-corrected chi connectivity index (χ3v) is 6.80. The molecule has 0 spiro atoms. The summed E-state index contributed by atoms with van der Waals surface area (Å²) in [5.74, 6) is -0.658. The number of aromatic nitrogens is 4. The van der Waals surface area contributed by atoms with Gasteiger partial charge in [-0.2, -0.15) is 4.98 Å². The summed E-state index contributed by atoms with van der Waals surface area (Å²) in [7, 11) is -3.93. The molecule has 5 aromatic rings. The fourth-order valence-electron chi connectivity index (χ4n) is 3.38. The van der Waals surface area contributed by atoms with Crippen LogP contribution in [-0.2, 0) is 16.6 Å². The lowest BCUT2D eigenvalue weighted by atomic mass is 10.2. The van der Waals surface area contributed by atoms with Crippen molar-refractivity contribution in [3.05, 3.63) is 101 Å². The Balaban J connectivity index is 1.26. The molecule has 182 valence electrons. The third kappa shape index (κ3) is 5.11. The van der Waals surface area contributed by atoms with Gasteiger partial charge in [-0.15, -0.1) is 0 Å². The first-order chi connectivity index (χ1) is 17.3. The Morgan fingerprint density at radius 1 is 1.03 bits per heavy atom. The van der Waals surface area contributed by atoms with Gasteiger partial charge in [0.1, 0.15) is 17.3 Å². The molecule has 0 fully saturated rings. The predicted molar refractivity (Wildman–Crippen MR) is 129 cm³/mol. The number of benzene rings is 3. The van der Waals surface area contributed by atoms with E-state index in [-0.39, 0.29) is 21.6 Å². The molecule has 0 saturated heterocycles. The minimum absolute atomic E-state index is 0.148. The van der Waals surface area contributed by atoms with Crippen molar-refractivity contribution in [2.24, 2.45) is 0 Å². The van der Waals surface area contributed by atoms with Gasteiger partial charge in [0.15, 0.2) is 0 Å². The molecule has 0 aliphatic heterocycles. The molecule has 8 nitrogen and oxygen atoms in total. The summed E-state index contributed by atoms with van der Waals surface area (Å²) in [6.45, 7) is 0.443. The van der Waals surface area contributed by atoms with Crippen LogP contribution >= 0.6 is 11.6 Å². The minimum atomic E-state index is -3.93. The summed E-state index contributed by atoms with van der Waals surface area (Å²) in [6, 6.07) is 15.8. The molecule has 0 aliphatic rings. The van der Waals surface area contributed by atoms with Crippen molar-refractivity contribution >= 4 is 27.3 Å². The predicted octanol–water partition coefficient (Wildman–Crippen LogP) is 5.38. The maximum Gasteiger partial charge on any atom is 0.278 e. The van der Waals surface area contributed by atoms with Crippen LogP contribution in [0.15, 0.2) is 88.7 Å². The van der Waals surface area contributed by atoms with Crippen molar-refractivity contribution in [1.82, 2.24) is 19.7 Å². The second kappa shape index (κ2) is 9.51. The lowest BCUT2D eigenvalue weighted by molar-refractivity contribution is 0.431. The number of hydrogen-bond donors (Lipinski definition) is 1. The van der Waals surface area contributed by atoms with Gasteiger partial charge in [0.25, 0.3) is 15.9 Å². The monoisotopic (exact) mass is 527 g/mol. The molecule has 5 rings (SSSR count). The zero-order chi connectivity index (χ0) is 25.3. The summed E-state index contributed by atoms with van der Waals surface area (Å²) in [4.78, 5) is 8.41. The van der Waals surface area contributed by atoms with Crippen molar-refractivity contribution in [2.75, 3.05) is 4.72 Å². The zero-order valence-corrected chi connectivity index (χ0v) is 19.8. The summed E-state index contributed by atoms with van der Waals surface area (Å²) >= 11 is 5.69. The fraction of sp³-hybridized carbons (Fsp3) is 0.0417. The van der Waals surface area contributed by atoms with Crippen LogP contribution in [0, 0.1) is 11.6 Å². The number of nitrogens with zero attached hydrogens (tertiary/aromatic N) is 4. The fourth-order valence-corrected chi connectivity index (χ4v) is 4.71. The van der Waals surface area contributed by atoms with E-state index in [0.717, 1.165) is 23.8 Å². The Morgan fingerprint density at radius 2 is 1.83 bits per heavy atom. The number of hydrogen-bond acceptors (Lipinski definition) is 6. The number of sulfonamides is 1. The molecule has 0 radical (unpaired) electrons. The lowest BCUT2D eigenvalue weighted by Gasteiger charge is -2.10. The highest BCUT2D eigenvalue weighted by molar-refractivity contribution is 7.92. The van der Waals surface area contributed by atoms with Crippen molar-refractivity contribution in [1.29, 1.82) is 0 Å². The number of anilines is 1. The van der Waals surface area contributed by atoms with Crippen molar-refractivity contribution in [3.8, 4) is 23.0 Å². The number of halogens is 3. The molecular weight excluding hydrogens is 512 g/mol. The lowest BCUT2D eigenvalue weighted by Crippen LogP contribution is -2.13. The maximum atomic E-state index is 13.5. The smallest absolute Gasteiger partial charge is 0.278 e. The molecule has 36 heavy (non-hydrogen) atoms. The Bertz CT molecular complexity index is 1650. The molecule has 1 N–H and O–H groups in total. The van der Waals surface area contributed by atoms with E-state index in [1.165, 1.54) is 12.1 Å². The average Bonchev–Trinajstić information content (AvgIpc) is 3.52. The first kappa shape index (κ1) is 23.6. The van der Waals surface area contributed by atoms with Gasteiger partial charge in [-0.1, -0.05) is 41.0 Å². The summed E-state index contributed by atoms with van der Waals surface area (Å²) < 4.78 is 61.4. The van der Waals surface area contributed by atoms with Crippen LogP contribution in [0.25, 0.3) is 23.0 Å². The Hall–Kier alpha value is -4.09. The third-order valence-electron chi connectivity index (χ3n) is 5.13. The van der Waals surface area contributed by atoms with E-state index in [9.17, 15) is 17.2 Å². The standard InChI is InChI=1S/C24H16ClF2N5O3S/c25-20-11-19(8-9-21(20)27)36(33,34)31-18-6-4-15(5-7-18)12-32-13-22(28-14-32)24-29-23(30-35-24)16-2-1-3-17(26)10-16/h1-11,13-14,31H,12H2. The molecule has 0 bridgehead atoms. The van der Waals surface area contributed by atoms with Crippen LogP contribution in [0.5, 0.6) is 0 Å². The Labute approximate surface area is 209 Å². The van der Waals surface area contributed by atoms with Crippen LogP contribution in [0.4, 0.5) is 14.5 Å². The molecule has 0 aliphatic carbocycles. The van der Waals surface area contributed by atoms with Crippen LogP contribution in [0.3, 0.4) is 0 Å². The average molecular weight is 528 g/mol. The van der Waals surface area contributed by atoms with Gasteiger partial charge in [-0.3, -0.25) is 4.72 Å². The van der Waals surface area contributed by atoms with Gasteiger partial charge in [-0.25, -0.2) is 22.2 Å². The first-order valence-electron chi connectivity index (χ1n) is 10.5. The van der Waals surface area contributed by atoms with Crippen LogP contribution in [-0.4, -0.2) is 28.1 Å². The van der Waals surface area contributed by atoms with E-state index in [2.05, 4.69) is 19.8 Å². The van der Waals surface area contributed by atoms with E-state index in [4.69, 9.17) is 16.1 Å². The highest BCUT2D eigenvalue weighted by Crippen LogP contribution is 2.24. The molecule has 0 saturated carbocycles. The van der Waals surface area contributed by atoms with Crippen LogP contribution in [0.1, 0.15) is 5.56 Å². The van der Waals surface area contributed by atoms with Gasteiger partial charge >= 0.3 is 0 Å². The summed E-state index contributed by atoms with van der Waals surface area (Å²) in [6.07, 6.45) is 3.31. The number of rotatable bonds is 7. The first-order valence-corrected chi connectivity index (χ1v) is 12.3. The van der Waals surface area contributed by atoms with E-state index >= 15 is 0 Å². The van der Waals surface area contributed by atoms with Gasteiger partial charge < -0.3 is 9.09 Å². The van der Waals surface area contributed by atoms with E-state index in [0.29, 0.717) is 23.5 Å². The summed E-state index contributed by atoms with van der Waals surface area (Å²) in [5, 5.41) is 3.60. The molecule has 2 aromatic heterocycles. The van der Waals surface area contributed by atoms with Gasteiger partial charge in [0.2, 0.25) is 5.82 Å². The highest BCUT2D eigenvalue weighted by atomic mass is 35.5. The number of imidazole rings is 1. The molecule has 3 aromatic carbocycles. The van der Waals surface area contributed by atoms with Gasteiger partial charge in [0, 0.05) is 24.0 Å². The van der Waals surface area contributed by atoms with Crippen LogP contribution in [0.2, 0.25) is 5.02 Å². The second-order valence-corrected chi connectivity index (χ2v) is 9.83. The van der Waals surface area contributed by atoms with Gasteiger partial charge in [0.05, 0.1) is 16.2 Å². The molecule has 2 heterocycles.